The highest BCUT2D eigenvalue weighted by Crippen LogP contribution is 2.18. The van der Waals surface area contributed by atoms with Crippen LogP contribution in [0.4, 0.5) is 0 Å². The monoisotopic (exact) mass is 225 g/mol. The highest BCUT2D eigenvalue weighted by atomic mass is 35.5. The lowest BCUT2D eigenvalue weighted by Gasteiger charge is -2.10. The van der Waals surface area contributed by atoms with E-state index in [0.717, 1.165) is 17.7 Å². The molecule has 0 fully saturated rings. The van der Waals surface area contributed by atoms with Gasteiger partial charge in [-0.2, -0.15) is 0 Å². The van der Waals surface area contributed by atoms with Crippen molar-refractivity contribution < 1.29 is 4.74 Å². The molecule has 2 nitrogen and oxygen atoms in total. The number of rotatable bonds is 5. The number of nitrogens with two attached hydrogens (primary N) is 1. The zero-order valence-electron chi connectivity index (χ0n) is 8.87. The van der Waals surface area contributed by atoms with E-state index >= 15 is 0 Å². The van der Waals surface area contributed by atoms with Gasteiger partial charge in [0.1, 0.15) is 12.4 Å². The van der Waals surface area contributed by atoms with E-state index in [1.165, 1.54) is 0 Å². The quantitative estimate of drug-likeness (QED) is 0.835. The molecule has 3 heteroatoms. The van der Waals surface area contributed by atoms with Gasteiger partial charge >= 0.3 is 0 Å². The van der Waals surface area contributed by atoms with Crippen molar-refractivity contribution >= 4 is 11.6 Å². The molecule has 0 spiro atoms. The molecule has 0 aliphatic rings. The van der Waals surface area contributed by atoms with Gasteiger partial charge in [-0.1, -0.05) is 37.2 Å². The molecule has 1 rings (SSSR count). The number of hydrogen-bond acceptors (Lipinski definition) is 2. The lowest BCUT2D eigenvalue weighted by Crippen LogP contribution is -2.08. The second kappa shape index (κ2) is 5.79. The van der Waals surface area contributed by atoms with Crippen molar-refractivity contribution in [1.82, 2.24) is 0 Å². The normalized spacial score (nSPS) is 12.2. The van der Waals surface area contributed by atoms with Crippen molar-refractivity contribution in [3.63, 3.8) is 0 Å². The molecule has 82 valence electrons. The third kappa shape index (κ3) is 3.94. The van der Waals surface area contributed by atoms with E-state index in [1.54, 1.807) is 0 Å². The maximum Gasteiger partial charge on any atom is 0.123 e. The molecule has 0 radical (unpaired) electrons. The smallest absolute Gasteiger partial charge is 0.123 e. The summed E-state index contributed by atoms with van der Waals surface area (Å²) >= 11 is 5.59. The Kier molecular flexibility index (Phi) is 4.66. The van der Waals surface area contributed by atoms with Gasteiger partial charge < -0.3 is 10.5 Å². The predicted molar refractivity (Wildman–Crippen MR) is 64.1 cm³/mol. The molecule has 0 saturated heterocycles. The first-order valence-electron chi connectivity index (χ1n) is 4.95. The second-order valence-electron chi connectivity index (χ2n) is 3.39. The molecule has 0 amide bonds. The summed E-state index contributed by atoms with van der Waals surface area (Å²) in [5, 5.41) is 0.490. The molecular weight excluding hydrogens is 210 g/mol. The Balaban J connectivity index is 2.60. The summed E-state index contributed by atoms with van der Waals surface area (Å²) in [5.74, 6) is 0.781. The van der Waals surface area contributed by atoms with E-state index in [4.69, 9.17) is 22.1 Å². The predicted octanol–water partition coefficient (Wildman–Crippen LogP) is 3.23. The van der Waals surface area contributed by atoms with E-state index < -0.39 is 0 Å². The van der Waals surface area contributed by atoms with Crippen LogP contribution in [0.5, 0.6) is 5.75 Å². The van der Waals surface area contributed by atoms with Crippen molar-refractivity contribution in [2.24, 2.45) is 5.73 Å². The maximum absolute atomic E-state index is 5.89. The first kappa shape index (κ1) is 12.1. The molecule has 0 aliphatic carbocycles. The molecule has 0 unspecified atom stereocenters. The Morgan fingerprint density at radius 3 is 2.53 bits per heavy atom. The largest absolute Gasteiger partial charge is 0.488 e. The summed E-state index contributed by atoms with van der Waals surface area (Å²) in [6.07, 6.45) is 0.929. The number of hydrogen-bond donors (Lipinski definition) is 1. The van der Waals surface area contributed by atoms with Gasteiger partial charge in [0, 0.05) is 11.1 Å². The van der Waals surface area contributed by atoms with Crippen LogP contribution in [0, 0.1) is 0 Å². The van der Waals surface area contributed by atoms with Gasteiger partial charge in [-0.25, -0.2) is 0 Å². The van der Waals surface area contributed by atoms with E-state index in [0.29, 0.717) is 11.6 Å². The van der Waals surface area contributed by atoms with Gasteiger partial charge in [0.15, 0.2) is 0 Å². The van der Waals surface area contributed by atoms with Crippen LogP contribution in [0.15, 0.2) is 35.9 Å². The molecule has 0 aliphatic heterocycles. The Morgan fingerprint density at radius 1 is 1.47 bits per heavy atom. The van der Waals surface area contributed by atoms with Gasteiger partial charge in [-0.15, -0.1) is 0 Å². The van der Waals surface area contributed by atoms with Crippen molar-refractivity contribution in [2.75, 3.05) is 6.61 Å². The standard InChI is InChI=1S/C12H16ClNO/c1-3-12(14)10-4-6-11(7-5-10)15-8-9(2)13/h4-7,12H,2-3,8,14H2,1H3/t12-/m0/s1. The number of benzene rings is 1. The number of ether oxygens (including phenoxy) is 1. The van der Waals surface area contributed by atoms with Crippen LogP contribution in [0.25, 0.3) is 0 Å². The maximum atomic E-state index is 5.89. The summed E-state index contributed by atoms with van der Waals surface area (Å²) in [5.41, 5.74) is 7.01. The molecule has 0 saturated carbocycles. The molecule has 1 aromatic carbocycles. The SMILES string of the molecule is C=C(Cl)COc1ccc([C@@H](N)CC)cc1. The molecule has 15 heavy (non-hydrogen) atoms. The third-order valence-electron chi connectivity index (χ3n) is 2.14. The average Bonchev–Trinajstić information content (AvgIpc) is 2.26. The minimum absolute atomic E-state index is 0.0991. The van der Waals surface area contributed by atoms with Gasteiger partial charge in [0.05, 0.1) is 0 Å². The zero-order chi connectivity index (χ0) is 11.3. The molecular formula is C12H16ClNO. The fourth-order valence-corrected chi connectivity index (χ4v) is 1.26. The molecule has 0 aromatic heterocycles. The summed E-state index contributed by atoms with van der Waals surface area (Å²) in [4.78, 5) is 0. The van der Waals surface area contributed by atoms with Gasteiger partial charge in [0.2, 0.25) is 0 Å². The fourth-order valence-electron chi connectivity index (χ4n) is 1.21. The molecule has 0 heterocycles. The highest BCUT2D eigenvalue weighted by Gasteiger charge is 2.02. The summed E-state index contributed by atoms with van der Waals surface area (Å²) in [6.45, 7) is 5.95. The van der Waals surface area contributed by atoms with Crippen LogP contribution < -0.4 is 10.5 Å². The average molecular weight is 226 g/mol. The minimum atomic E-state index is 0.0991. The van der Waals surface area contributed by atoms with Crippen LogP contribution >= 0.6 is 11.6 Å². The molecule has 2 N–H and O–H groups in total. The first-order valence-corrected chi connectivity index (χ1v) is 5.33. The van der Waals surface area contributed by atoms with Crippen molar-refractivity contribution in [1.29, 1.82) is 0 Å². The Labute approximate surface area is 95.7 Å². The lowest BCUT2D eigenvalue weighted by molar-refractivity contribution is 0.359. The van der Waals surface area contributed by atoms with Crippen LogP contribution in [-0.2, 0) is 0 Å². The summed E-state index contributed by atoms with van der Waals surface area (Å²) in [7, 11) is 0. The second-order valence-corrected chi connectivity index (χ2v) is 3.92. The minimum Gasteiger partial charge on any atom is -0.488 e. The first-order chi connectivity index (χ1) is 7.13. The Bertz CT molecular complexity index is 321. The fraction of sp³-hybridized carbons (Fsp3) is 0.333. The highest BCUT2D eigenvalue weighted by molar-refractivity contribution is 6.29. The van der Waals surface area contributed by atoms with E-state index in [-0.39, 0.29) is 6.04 Å². The van der Waals surface area contributed by atoms with Crippen LogP contribution in [0.1, 0.15) is 24.9 Å². The van der Waals surface area contributed by atoms with Crippen LogP contribution in [-0.4, -0.2) is 6.61 Å². The summed E-state index contributed by atoms with van der Waals surface area (Å²) < 4.78 is 5.36. The topological polar surface area (TPSA) is 35.2 Å². The lowest BCUT2D eigenvalue weighted by atomic mass is 10.1. The zero-order valence-corrected chi connectivity index (χ0v) is 9.63. The van der Waals surface area contributed by atoms with Crippen molar-refractivity contribution in [3.05, 3.63) is 41.4 Å². The van der Waals surface area contributed by atoms with Crippen molar-refractivity contribution in [3.8, 4) is 5.75 Å². The van der Waals surface area contributed by atoms with Crippen LogP contribution in [0.2, 0.25) is 0 Å². The van der Waals surface area contributed by atoms with Crippen LogP contribution in [0.3, 0.4) is 0 Å². The van der Waals surface area contributed by atoms with Gasteiger partial charge in [-0.3, -0.25) is 0 Å². The van der Waals surface area contributed by atoms with E-state index in [2.05, 4.69) is 13.5 Å². The molecule has 1 aromatic rings. The van der Waals surface area contributed by atoms with Gasteiger partial charge in [0.25, 0.3) is 0 Å². The third-order valence-corrected chi connectivity index (χ3v) is 2.25. The Morgan fingerprint density at radius 2 is 2.07 bits per heavy atom. The summed E-state index contributed by atoms with van der Waals surface area (Å²) in [6, 6.07) is 7.83. The number of halogens is 1. The molecule has 0 bridgehead atoms. The van der Waals surface area contributed by atoms with Crippen molar-refractivity contribution in [2.45, 2.75) is 19.4 Å². The molecule has 1 atom stereocenters. The van der Waals surface area contributed by atoms with E-state index in [1.807, 2.05) is 24.3 Å². The Hall–Kier alpha value is -0.990. The van der Waals surface area contributed by atoms with Gasteiger partial charge in [-0.05, 0) is 24.1 Å². The van der Waals surface area contributed by atoms with E-state index in [9.17, 15) is 0 Å².